The van der Waals surface area contributed by atoms with Crippen molar-refractivity contribution >= 4 is 22.9 Å². The maximum Gasteiger partial charge on any atom is 0.355 e. The molecule has 0 atom stereocenters. The van der Waals surface area contributed by atoms with Crippen LogP contribution in [-0.2, 0) is 9.53 Å². The van der Waals surface area contributed by atoms with Crippen LogP contribution in [-0.4, -0.2) is 23.3 Å². The van der Waals surface area contributed by atoms with Crippen molar-refractivity contribution in [2.45, 2.75) is 6.92 Å². The molecule has 15 heavy (non-hydrogen) atoms. The van der Waals surface area contributed by atoms with Crippen molar-refractivity contribution in [3.63, 3.8) is 0 Å². The number of hydrogen-bond acceptors (Lipinski definition) is 4. The molecule has 0 saturated heterocycles. The van der Waals surface area contributed by atoms with E-state index in [9.17, 15) is 9.59 Å². The lowest BCUT2D eigenvalue weighted by molar-refractivity contribution is -0.120. The highest BCUT2D eigenvalue weighted by Gasteiger charge is 2.12. The van der Waals surface area contributed by atoms with Gasteiger partial charge in [0.2, 0.25) is 0 Å². The molecule has 78 valence electrons. The molecule has 0 radical (unpaired) electrons. The van der Waals surface area contributed by atoms with Gasteiger partial charge in [0.15, 0.2) is 11.4 Å². The predicted octanol–water partition coefficient (Wildman–Crippen LogP) is 1.51. The second-order valence-electron chi connectivity index (χ2n) is 3.16. The normalized spacial score (nSPS) is 10.5. The first kappa shape index (κ1) is 9.51. The lowest BCUT2D eigenvalue weighted by Gasteiger charge is -1.98. The van der Waals surface area contributed by atoms with Gasteiger partial charge < -0.3 is 14.1 Å². The number of hydrogen-bond donors (Lipinski definition) is 1. The minimum absolute atomic E-state index is 0.196. The third-order valence-corrected chi connectivity index (χ3v) is 1.87. The minimum Gasteiger partial charge on any atom is -0.463 e. The van der Waals surface area contributed by atoms with Gasteiger partial charge in [-0.15, -0.1) is 0 Å². The van der Waals surface area contributed by atoms with Crippen molar-refractivity contribution in [2.75, 3.05) is 6.61 Å². The van der Waals surface area contributed by atoms with Crippen LogP contribution in [0.2, 0.25) is 0 Å². The monoisotopic (exact) mass is 207 g/mol. The zero-order valence-corrected chi connectivity index (χ0v) is 8.07. The molecule has 0 aliphatic rings. The molecule has 2 aromatic rings. The van der Waals surface area contributed by atoms with E-state index in [0.29, 0.717) is 5.58 Å². The maximum atomic E-state index is 11.4. The average molecular weight is 207 g/mol. The number of carbonyl (C=O) groups excluding carboxylic acids is 2. The molecule has 0 saturated carbocycles. The number of furan rings is 1. The maximum absolute atomic E-state index is 11.4. The molecule has 2 heterocycles. The Hall–Kier alpha value is -2.04. The fourth-order valence-electron chi connectivity index (χ4n) is 1.20. The zero-order chi connectivity index (χ0) is 10.8. The Labute approximate surface area is 85.0 Å². The van der Waals surface area contributed by atoms with Crippen molar-refractivity contribution in [3.05, 3.63) is 24.1 Å². The third kappa shape index (κ3) is 1.90. The molecule has 0 aromatic carbocycles. The van der Waals surface area contributed by atoms with E-state index in [1.807, 2.05) is 0 Å². The van der Waals surface area contributed by atoms with Gasteiger partial charge in [0.1, 0.15) is 12.3 Å². The molecule has 0 aliphatic carbocycles. The van der Waals surface area contributed by atoms with Crippen LogP contribution in [0.5, 0.6) is 0 Å². The van der Waals surface area contributed by atoms with Gasteiger partial charge in [-0.2, -0.15) is 0 Å². The Bertz CT molecular complexity index is 480. The second kappa shape index (κ2) is 3.61. The number of aromatic nitrogens is 1. The van der Waals surface area contributed by atoms with Gasteiger partial charge in [0.05, 0.1) is 11.8 Å². The molecule has 0 unspecified atom stereocenters. The van der Waals surface area contributed by atoms with Crippen molar-refractivity contribution in [1.82, 2.24) is 4.98 Å². The Balaban J connectivity index is 2.13. The molecule has 1 N–H and O–H groups in total. The second-order valence-corrected chi connectivity index (χ2v) is 3.16. The molecular weight excluding hydrogens is 198 g/mol. The first-order valence-electron chi connectivity index (χ1n) is 4.39. The standard InChI is InChI=1S/C10H9NO4/c1-6(12)5-15-10(13)8-4-9-7(11-8)2-3-14-9/h2-4,11H,5H2,1H3. The van der Waals surface area contributed by atoms with E-state index in [2.05, 4.69) is 4.98 Å². The van der Waals surface area contributed by atoms with Gasteiger partial charge in [-0.1, -0.05) is 0 Å². The van der Waals surface area contributed by atoms with E-state index in [0.717, 1.165) is 5.52 Å². The highest BCUT2D eigenvalue weighted by molar-refractivity contribution is 5.94. The summed E-state index contributed by atoms with van der Waals surface area (Å²) < 4.78 is 9.80. The molecule has 5 heteroatoms. The van der Waals surface area contributed by atoms with E-state index in [1.165, 1.54) is 19.3 Å². The third-order valence-electron chi connectivity index (χ3n) is 1.87. The summed E-state index contributed by atoms with van der Waals surface area (Å²) in [5, 5.41) is 0. The Morgan fingerprint density at radius 2 is 2.33 bits per heavy atom. The number of esters is 1. The SMILES string of the molecule is CC(=O)COC(=O)c1cc2occc2[nH]1. The molecule has 0 bridgehead atoms. The molecule has 5 nitrogen and oxygen atoms in total. The summed E-state index contributed by atoms with van der Waals surface area (Å²) in [6.07, 6.45) is 1.52. The molecule has 2 rings (SSSR count). The fourth-order valence-corrected chi connectivity index (χ4v) is 1.20. The van der Waals surface area contributed by atoms with Crippen molar-refractivity contribution < 1.29 is 18.7 Å². The predicted molar refractivity (Wildman–Crippen MR) is 51.5 cm³/mol. The van der Waals surface area contributed by atoms with Crippen LogP contribution in [0.15, 0.2) is 22.8 Å². The molecule has 2 aromatic heterocycles. The molecule has 0 fully saturated rings. The number of fused-ring (bicyclic) bond motifs is 1. The topological polar surface area (TPSA) is 72.3 Å². The lowest BCUT2D eigenvalue weighted by atomic mass is 10.4. The summed E-state index contributed by atoms with van der Waals surface area (Å²) in [7, 11) is 0. The van der Waals surface area contributed by atoms with Crippen molar-refractivity contribution in [2.24, 2.45) is 0 Å². The summed E-state index contributed by atoms with van der Waals surface area (Å²) >= 11 is 0. The Morgan fingerprint density at radius 1 is 1.53 bits per heavy atom. The number of H-pyrrole nitrogens is 1. The number of aromatic amines is 1. The van der Waals surface area contributed by atoms with Crippen LogP contribution in [0, 0.1) is 0 Å². The number of rotatable bonds is 3. The van der Waals surface area contributed by atoms with Crippen LogP contribution in [0.4, 0.5) is 0 Å². The van der Waals surface area contributed by atoms with Gasteiger partial charge in [0, 0.05) is 12.1 Å². The van der Waals surface area contributed by atoms with Gasteiger partial charge in [-0.3, -0.25) is 4.79 Å². The number of carbonyl (C=O) groups is 2. The molecule has 0 amide bonds. The fraction of sp³-hybridized carbons (Fsp3) is 0.200. The molecule has 0 aliphatic heterocycles. The first-order valence-corrected chi connectivity index (χ1v) is 4.39. The molecule has 0 spiro atoms. The lowest BCUT2D eigenvalue weighted by Crippen LogP contribution is -2.11. The van der Waals surface area contributed by atoms with Crippen LogP contribution < -0.4 is 0 Å². The van der Waals surface area contributed by atoms with E-state index in [4.69, 9.17) is 9.15 Å². The van der Waals surface area contributed by atoms with Crippen molar-refractivity contribution in [1.29, 1.82) is 0 Å². The van der Waals surface area contributed by atoms with Gasteiger partial charge in [-0.05, 0) is 6.92 Å². The minimum atomic E-state index is -0.559. The van der Waals surface area contributed by atoms with E-state index < -0.39 is 5.97 Å². The first-order chi connectivity index (χ1) is 7.16. The van der Waals surface area contributed by atoms with Crippen LogP contribution in [0.3, 0.4) is 0 Å². The molecular formula is C10H9NO4. The van der Waals surface area contributed by atoms with Gasteiger partial charge in [0.25, 0.3) is 0 Å². The van der Waals surface area contributed by atoms with Gasteiger partial charge >= 0.3 is 5.97 Å². The Kier molecular flexibility index (Phi) is 2.29. The summed E-state index contributed by atoms with van der Waals surface area (Å²) in [6.45, 7) is 1.15. The van der Waals surface area contributed by atoms with Crippen LogP contribution in [0.1, 0.15) is 17.4 Å². The summed E-state index contributed by atoms with van der Waals surface area (Å²) in [5.74, 6) is -0.754. The quantitative estimate of drug-likeness (QED) is 0.774. The smallest absolute Gasteiger partial charge is 0.355 e. The van der Waals surface area contributed by atoms with Crippen molar-refractivity contribution in [3.8, 4) is 0 Å². The number of ether oxygens (including phenoxy) is 1. The summed E-state index contributed by atoms with van der Waals surface area (Å²) in [6, 6.07) is 3.24. The van der Waals surface area contributed by atoms with Crippen LogP contribution in [0.25, 0.3) is 11.1 Å². The van der Waals surface area contributed by atoms with Gasteiger partial charge in [-0.25, -0.2) is 4.79 Å². The van der Waals surface area contributed by atoms with E-state index in [-0.39, 0.29) is 18.1 Å². The van der Waals surface area contributed by atoms with Crippen LogP contribution >= 0.6 is 0 Å². The van der Waals surface area contributed by atoms with E-state index >= 15 is 0 Å². The number of nitrogens with one attached hydrogen (secondary N) is 1. The van der Waals surface area contributed by atoms with E-state index in [1.54, 1.807) is 6.07 Å². The average Bonchev–Trinajstić information content (AvgIpc) is 2.72. The highest BCUT2D eigenvalue weighted by Crippen LogP contribution is 2.16. The summed E-state index contributed by atoms with van der Waals surface area (Å²) in [4.78, 5) is 24.8. The largest absolute Gasteiger partial charge is 0.463 e. The zero-order valence-electron chi connectivity index (χ0n) is 8.07. The highest BCUT2D eigenvalue weighted by atomic mass is 16.5. The number of Topliss-reactive ketones (excluding diaryl/α,β-unsaturated/α-hetero) is 1. The number of ketones is 1. The summed E-state index contributed by atoms with van der Waals surface area (Å²) in [5.41, 5.74) is 1.60. The Morgan fingerprint density at radius 3 is 3.00 bits per heavy atom.